The average molecular weight is 656 g/mol. The molecule has 0 fully saturated rings. The Labute approximate surface area is 209 Å². The highest BCUT2D eigenvalue weighted by Gasteiger charge is 2.13. The van der Waals surface area contributed by atoms with Gasteiger partial charge in [0.2, 0.25) is 0 Å². The van der Waals surface area contributed by atoms with Crippen LogP contribution in [-0.2, 0) is 11.4 Å². The highest BCUT2D eigenvalue weighted by molar-refractivity contribution is 14.1. The van der Waals surface area contributed by atoms with Crippen LogP contribution in [0.4, 0.5) is 10.1 Å². The van der Waals surface area contributed by atoms with Crippen molar-refractivity contribution >= 4 is 72.1 Å². The largest absolute Gasteiger partial charge is 0.487 e. The monoisotopic (exact) mass is 654 g/mol. The van der Waals surface area contributed by atoms with Crippen LogP contribution in [0.5, 0.6) is 5.75 Å². The van der Waals surface area contributed by atoms with Gasteiger partial charge < -0.3 is 10.1 Å². The highest BCUT2D eigenvalue weighted by Crippen LogP contribution is 2.33. The molecule has 0 heterocycles. The summed E-state index contributed by atoms with van der Waals surface area (Å²) in [4.78, 5) is 12.5. The van der Waals surface area contributed by atoms with Gasteiger partial charge in [-0.3, -0.25) is 4.79 Å². The topological polar surface area (TPSA) is 62.1 Å². The predicted octanol–water partition coefficient (Wildman–Crippen LogP) is 7.08. The summed E-state index contributed by atoms with van der Waals surface area (Å²) in [5.74, 6) is -0.171. The summed E-state index contributed by atoms with van der Waals surface area (Å²) in [6, 6.07) is 18.8. The number of rotatable bonds is 6. The molecule has 0 bridgehead atoms. The first kappa shape index (κ1) is 23.4. The van der Waals surface area contributed by atoms with Gasteiger partial charge in [0, 0.05) is 10.2 Å². The molecule has 0 radical (unpaired) electrons. The molecule has 0 spiro atoms. The highest BCUT2D eigenvalue weighted by atomic mass is 127. The van der Waals surface area contributed by atoms with Crippen LogP contribution < -0.4 is 10.1 Å². The number of nitrogens with one attached hydrogen (secondary N) is 1. The second-order valence-corrected chi connectivity index (χ2v) is 9.30. The van der Waals surface area contributed by atoms with Gasteiger partial charge in [0.15, 0.2) is 0 Å². The fourth-order valence-electron chi connectivity index (χ4n) is 2.62. The Morgan fingerprint density at radius 1 is 1.16 bits per heavy atom. The van der Waals surface area contributed by atoms with Gasteiger partial charge in [-0.15, -0.1) is 0 Å². The van der Waals surface area contributed by atoms with E-state index in [0.29, 0.717) is 21.5 Å². The summed E-state index contributed by atoms with van der Waals surface area (Å²) in [5, 5.41) is 12.2. The van der Waals surface area contributed by atoms with Gasteiger partial charge >= 0.3 is 0 Å². The lowest BCUT2D eigenvalue weighted by molar-refractivity contribution is -0.112. The molecular weight excluding hydrogens is 642 g/mol. The van der Waals surface area contributed by atoms with E-state index in [1.54, 1.807) is 36.4 Å². The summed E-state index contributed by atoms with van der Waals surface area (Å²) in [6.07, 6.45) is 1.52. The number of hydrogen-bond acceptors (Lipinski definition) is 3. The molecule has 0 aliphatic rings. The zero-order valence-electron chi connectivity index (χ0n) is 15.8. The molecule has 0 atom stereocenters. The quantitative estimate of drug-likeness (QED) is 0.175. The fraction of sp³-hybridized carbons (Fsp3) is 0.0435. The smallest absolute Gasteiger partial charge is 0.266 e. The number of nitriles is 1. The van der Waals surface area contributed by atoms with Gasteiger partial charge in [-0.05, 0) is 98.2 Å². The van der Waals surface area contributed by atoms with Crippen LogP contribution in [-0.4, -0.2) is 5.91 Å². The number of anilines is 1. The van der Waals surface area contributed by atoms with Crippen molar-refractivity contribution in [3.63, 3.8) is 0 Å². The molecule has 0 unspecified atom stereocenters. The maximum atomic E-state index is 13.0. The molecule has 1 N–H and O–H groups in total. The lowest BCUT2D eigenvalue weighted by atomic mass is 10.1. The van der Waals surface area contributed by atoms with E-state index < -0.39 is 5.91 Å². The lowest BCUT2D eigenvalue weighted by Gasteiger charge is -2.12. The number of nitrogens with zero attached hydrogens (tertiary/aromatic N) is 1. The molecule has 0 aliphatic heterocycles. The second kappa shape index (κ2) is 10.9. The maximum absolute atomic E-state index is 13.0. The van der Waals surface area contributed by atoms with Gasteiger partial charge in [0.05, 0.1) is 8.04 Å². The lowest BCUT2D eigenvalue weighted by Crippen LogP contribution is -2.13. The molecule has 8 heteroatoms. The van der Waals surface area contributed by atoms with Gasteiger partial charge in [0.25, 0.3) is 5.91 Å². The van der Waals surface area contributed by atoms with Gasteiger partial charge in [0.1, 0.15) is 29.8 Å². The van der Waals surface area contributed by atoms with Crippen LogP contribution >= 0.6 is 54.5 Å². The Morgan fingerprint density at radius 3 is 2.55 bits per heavy atom. The van der Waals surface area contributed by atoms with Crippen molar-refractivity contribution in [2.24, 2.45) is 0 Å². The third-order valence-electron chi connectivity index (χ3n) is 4.08. The van der Waals surface area contributed by atoms with Crippen LogP contribution in [0.2, 0.25) is 0 Å². The van der Waals surface area contributed by atoms with E-state index in [-0.39, 0.29) is 18.0 Å². The van der Waals surface area contributed by atoms with Gasteiger partial charge in [-0.25, -0.2) is 4.39 Å². The number of benzene rings is 3. The Bertz CT molecular complexity index is 1170. The Balaban J connectivity index is 1.76. The minimum Gasteiger partial charge on any atom is -0.487 e. The van der Waals surface area contributed by atoms with Crippen LogP contribution in [0.25, 0.3) is 6.08 Å². The van der Waals surface area contributed by atoms with Crippen molar-refractivity contribution < 1.29 is 13.9 Å². The molecule has 0 saturated carbocycles. The van der Waals surface area contributed by atoms with Crippen molar-refractivity contribution in [3.05, 3.63) is 95.7 Å². The van der Waals surface area contributed by atoms with Crippen molar-refractivity contribution in [2.75, 3.05) is 5.32 Å². The summed E-state index contributed by atoms with van der Waals surface area (Å²) in [7, 11) is 0. The number of ether oxygens (including phenoxy) is 1. The van der Waals surface area contributed by atoms with E-state index in [1.165, 1.54) is 18.2 Å². The molecule has 3 rings (SSSR count). The van der Waals surface area contributed by atoms with Crippen LogP contribution in [0.15, 0.2) is 75.2 Å². The molecule has 0 saturated heterocycles. The van der Waals surface area contributed by atoms with Crippen LogP contribution in [0.3, 0.4) is 0 Å². The van der Waals surface area contributed by atoms with Crippen molar-refractivity contribution in [3.8, 4) is 11.8 Å². The van der Waals surface area contributed by atoms with Crippen molar-refractivity contribution in [1.82, 2.24) is 0 Å². The third kappa shape index (κ3) is 6.63. The zero-order valence-corrected chi connectivity index (χ0v) is 21.2. The van der Waals surface area contributed by atoms with Crippen LogP contribution in [0.1, 0.15) is 11.1 Å². The molecule has 3 aromatic rings. The first-order valence-electron chi connectivity index (χ1n) is 8.90. The third-order valence-corrected chi connectivity index (χ3v) is 5.96. The molecule has 3 aromatic carbocycles. The summed E-state index contributed by atoms with van der Waals surface area (Å²) < 4.78 is 21.2. The van der Waals surface area contributed by atoms with E-state index in [1.807, 2.05) is 18.2 Å². The number of amides is 1. The molecule has 0 aromatic heterocycles. The van der Waals surface area contributed by atoms with Crippen molar-refractivity contribution in [1.29, 1.82) is 5.26 Å². The van der Waals surface area contributed by atoms with Crippen molar-refractivity contribution in [2.45, 2.75) is 6.61 Å². The van der Waals surface area contributed by atoms with Crippen LogP contribution in [0, 0.1) is 20.7 Å². The minimum atomic E-state index is -0.497. The molecule has 31 heavy (non-hydrogen) atoms. The minimum absolute atomic E-state index is 0.0253. The normalized spacial score (nSPS) is 11.0. The standard InChI is InChI=1S/C23H14Br2FIN2O2/c24-17-2-1-3-19(11-17)29-23(30)16(12-28)8-15-9-20(25)22(21(27)10-15)31-13-14-4-6-18(26)7-5-14/h1-11H,13H2,(H,29,30)/b16-8-. The van der Waals surface area contributed by atoms with E-state index in [0.717, 1.165) is 13.6 Å². The Kier molecular flexibility index (Phi) is 8.23. The SMILES string of the molecule is N#C/C(=C/c1cc(Br)c(OCc2ccc(F)cc2)c(I)c1)C(=O)Nc1cccc(Br)c1. The fourth-order valence-corrected chi connectivity index (χ4v) is 4.78. The molecule has 0 aliphatic carbocycles. The summed E-state index contributed by atoms with van der Waals surface area (Å²) in [5.41, 5.74) is 2.07. The molecule has 4 nitrogen and oxygen atoms in total. The molecule has 156 valence electrons. The Morgan fingerprint density at radius 2 is 1.90 bits per heavy atom. The molecular formula is C23H14Br2FIN2O2. The number of carbonyl (C=O) groups excluding carboxylic acids is 1. The molecule has 1 amide bonds. The summed E-state index contributed by atoms with van der Waals surface area (Å²) in [6.45, 7) is 0.280. The first-order chi connectivity index (χ1) is 14.9. The number of hydrogen-bond donors (Lipinski definition) is 1. The van der Waals surface area contributed by atoms with E-state index >= 15 is 0 Å². The second-order valence-electron chi connectivity index (χ2n) is 6.36. The predicted molar refractivity (Wildman–Crippen MR) is 134 cm³/mol. The van der Waals surface area contributed by atoms with Gasteiger partial charge in [-0.1, -0.05) is 34.1 Å². The first-order valence-corrected chi connectivity index (χ1v) is 11.6. The zero-order chi connectivity index (χ0) is 22.4. The van der Waals surface area contributed by atoms with E-state index in [4.69, 9.17) is 4.74 Å². The van der Waals surface area contributed by atoms with E-state index in [2.05, 4.69) is 59.8 Å². The number of carbonyl (C=O) groups is 1. The van der Waals surface area contributed by atoms with E-state index in [9.17, 15) is 14.4 Å². The average Bonchev–Trinajstić information content (AvgIpc) is 2.72. The maximum Gasteiger partial charge on any atom is 0.266 e. The summed E-state index contributed by atoms with van der Waals surface area (Å²) >= 11 is 8.96. The Hall–Kier alpha value is -2.22. The van der Waals surface area contributed by atoms with Gasteiger partial charge in [-0.2, -0.15) is 5.26 Å². The number of halogens is 4.